The number of nitrogen functional groups attached to an aromatic ring is 1. The smallest absolute Gasteiger partial charge is 0.360 e. The maximum atomic E-state index is 11.6. The predicted molar refractivity (Wildman–Crippen MR) is 70.8 cm³/mol. The zero-order valence-electron chi connectivity index (χ0n) is 11.1. The van der Waals surface area contributed by atoms with Gasteiger partial charge in [-0.2, -0.15) is 0 Å². The van der Waals surface area contributed by atoms with Crippen molar-refractivity contribution in [2.45, 2.75) is 19.9 Å². The van der Waals surface area contributed by atoms with Crippen LogP contribution in [0, 0.1) is 6.92 Å². The van der Waals surface area contributed by atoms with Gasteiger partial charge in [-0.1, -0.05) is 0 Å². The van der Waals surface area contributed by atoms with Crippen LogP contribution in [0.5, 0.6) is 0 Å². The highest BCUT2D eigenvalue weighted by Crippen LogP contribution is 2.25. The van der Waals surface area contributed by atoms with Crippen molar-refractivity contribution in [3.05, 3.63) is 41.6 Å². The third-order valence-corrected chi connectivity index (χ3v) is 3.08. The van der Waals surface area contributed by atoms with Gasteiger partial charge in [0, 0.05) is 12.4 Å². The molecule has 2 rings (SSSR count). The minimum absolute atomic E-state index is 0.0334. The molecule has 1 atom stereocenters. The maximum Gasteiger partial charge on any atom is 0.360 e. The van der Waals surface area contributed by atoms with Crippen molar-refractivity contribution in [1.82, 2.24) is 14.5 Å². The molecule has 2 aromatic rings. The Morgan fingerprint density at radius 2 is 2.05 bits per heavy atom. The largest absolute Gasteiger partial charge is 0.464 e. The van der Waals surface area contributed by atoms with E-state index in [1.807, 2.05) is 23.6 Å². The summed E-state index contributed by atoms with van der Waals surface area (Å²) in [6, 6.07) is 3.77. The Balaban J connectivity index is 2.46. The van der Waals surface area contributed by atoms with Crippen molar-refractivity contribution in [3.63, 3.8) is 0 Å². The molecule has 0 aliphatic rings. The van der Waals surface area contributed by atoms with Crippen molar-refractivity contribution >= 4 is 11.8 Å². The highest BCUT2D eigenvalue weighted by atomic mass is 16.5. The summed E-state index contributed by atoms with van der Waals surface area (Å²) in [5.74, 6) is 0.456. The van der Waals surface area contributed by atoms with Crippen LogP contribution in [0.3, 0.4) is 0 Å². The van der Waals surface area contributed by atoms with Gasteiger partial charge in [-0.25, -0.2) is 9.78 Å². The third kappa shape index (κ3) is 2.29. The number of anilines is 1. The lowest BCUT2D eigenvalue weighted by molar-refractivity contribution is 0.0595. The number of hydrogen-bond acceptors (Lipinski definition) is 5. The molecular formula is C13H16N4O2. The van der Waals surface area contributed by atoms with Crippen LogP contribution in [-0.4, -0.2) is 27.6 Å². The fourth-order valence-electron chi connectivity index (χ4n) is 2.09. The number of pyridine rings is 1. The van der Waals surface area contributed by atoms with Crippen LogP contribution in [0.4, 0.5) is 5.82 Å². The van der Waals surface area contributed by atoms with E-state index in [1.165, 1.54) is 7.11 Å². The standard InChI is InChI=1S/C13H16N4O2/c1-8(10-4-6-15-7-5-10)17-9(2)16-11(12(17)14)13(18)19-3/h4-8H,14H2,1-3H3. The molecular weight excluding hydrogens is 244 g/mol. The van der Waals surface area contributed by atoms with E-state index >= 15 is 0 Å². The molecule has 1 unspecified atom stereocenters. The fraction of sp³-hybridized carbons (Fsp3) is 0.308. The Kier molecular flexibility index (Phi) is 3.50. The summed E-state index contributed by atoms with van der Waals surface area (Å²) in [5.41, 5.74) is 7.20. The van der Waals surface area contributed by atoms with Gasteiger partial charge in [0.2, 0.25) is 0 Å². The fourth-order valence-corrected chi connectivity index (χ4v) is 2.09. The second-order valence-electron chi connectivity index (χ2n) is 4.21. The summed E-state index contributed by atoms with van der Waals surface area (Å²) in [6.07, 6.45) is 3.44. The lowest BCUT2D eigenvalue weighted by Crippen LogP contribution is -2.13. The minimum atomic E-state index is -0.527. The Labute approximate surface area is 111 Å². The molecule has 0 spiro atoms. The highest BCUT2D eigenvalue weighted by molar-refractivity contribution is 5.92. The molecule has 0 fully saturated rings. The van der Waals surface area contributed by atoms with Crippen molar-refractivity contribution in [2.75, 3.05) is 12.8 Å². The average Bonchev–Trinajstić information content (AvgIpc) is 2.73. The molecule has 0 aliphatic heterocycles. The third-order valence-electron chi connectivity index (χ3n) is 3.08. The molecule has 6 heteroatoms. The number of nitrogens with two attached hydrogens (primary N) is 1. The molecule has 2 heterocycles. The summed E-state index contributed by atoms with van der Waals surface area (Å²) in [7, 11) is 1.31. The average molecular weight is 260 g/mol. The number of methoxy groups -OCH3 is 1. The number of rotatable bonds is 3. The van der Waals surface area contributed by atoms with Crippen LogP contribution in [0.1, 0.15) is 34.8 Å². The molecule has 6 nitrogen and oxygen atoms in total. The second-order valence-corrected chi connectivity index (χ2v) is 4.21. The van der Waals surface area contributed by atoms with Gasteiger partial charge in [-0.3, -0.25) is 4.98 Å². The molecule has 0 saturated heterocycles. The van der Waals surface area contributed by atoms with Crippen LogP contribution >= 0.6 is 0 Å². The molecule has 2 N–H and O–H groups in total. The van der Waals surface area contributed by atoms with Crippen LogP contribution in [0.25, 0.3) is 0 Å². The Morgan fingerprint density at radius 1 is 1.42 bits per heavy atom. The number of carbonyl (C=O) groups excluding carboxylic acids is 1. The van der Waals surface area contributed by atoms with E-state index in [9.17, 15) is 4.79 Å². The monoisotopic (exact) mass is 260 g/mol. The zero-order chi connectivity index (χ0) is 14.0. The lowest BCUT2D eigenvalue weighted by Gasteiger charge is -2.17. The second kappa shape index (κ2) is 5.09. The normalized spacial score (nSPS) is 12.2. The molecule has 0 aliphatic carbocycles. The van der Waals surface area contributed by atoms with Gasteiger partial charge < -0.3 is 15.0 Å². The van der Waals surface area contributed by atoms with E-state index in [0.717, 1.165) is 5.56 Å². The number of aryl methyl sites for hydroxylation is 1. The molecule has 0 aromatic carbocycles. The van der Waals surface area contributed by atoms with Crippen LogP contribution in [-0.2, 0) is 4.74 Å². The molecule has 0 bridgehead atoms. The van der Waals surface area contributed by atoms with Crippen molar-refractivity contribution in [2.24, 2.45) is 0 Å². The SMILES string of the molecule is COC(=O)c1nc(C)n(C(C)c2ccncc2)c1N. The first-order valence-corrected chi connectivity index (χ1v) is 5.88. The summed E-state index contributed by atoms with van der Waals surface area (Å²) in [4.78, 5) is 19.7. The van der Waals surface area contributed by atoms with Crippen LogP contribution < -0.4 is 5.73 Å². The lowest BCUT2D eigenvalue weighted by atomic mass is 10.1. The van der Waals surface area contributed by atoms with E-state index in [4.69, 9.17) is 5.73 Å². The quantitative estimate of drug-likeness (QED) is 0.847. The van der Waals surface area contributed by atoms with E-state index in [0.29, 0.717) is 11.6 Å². The van der Waals surface area contributed by atoms with Gasteiger partial charge in [0.1, 0.15) is 11.6 Å². The zero-order valence-corrected chi connectivity index (χ0v) is 11.1. The Bertz CT molecular complexity index is 592. The van der Waals surface area contributed by atoms with E-state index in [1.54, 1.807) is 19.3 Å². The van der Waals surface area contributed by atoms with Gasteiger partial charge in [0.05, 0.1) is 13.2 Å². The summed E-state index contributed by atoms with van der Waals surface area (Å²) < 4.78 is 6.47. The Morgan fingerprint density at radius 3 is 2.63 bits per heavy atom. The van der Waals surface area contributed by atoms with Gasteiger partial charge in [0.15, 0.2) is 5.69 Å². The number of nitrogens with zero attached hydrogens (tertiary/aromatic N) is 3. The molecule has 2 aromatic heterocycles. The van der Waals surface area contributed by atoms with Gasteiger partial charge in [0.25, 0.3) is 0 Å². The maximum absolute atomic E-state index is 11.6. The first-order valence-electron chi connectivity index (χ1n) is 5.88. The van der Waals surface area contributed by atoms with Crippen LogP contribution in [0.15, 0.2) is 24.5 Å². The number of imidazole rings is 1. The molecule has 100 valence electrons. The van der Waals surface area contributed by atoms with Crippen molar-refractivity contribution in [1.29, 1.82) is 0 Å². The van der Waals surface area contributed by atoms with Gasteiger partial charge >= 0.3 is 5.97 Å². The number of ether oxygens (including phenoxy) is 1. The number of aromatic nitrogens is 3. The van der Waals surface area contributed by atoms with Gasteiger partial charge in [-0.15, -0.1) is 0 Å². The van der Waals surface area contributed by atoms with Crippen molar-refractivity contribution < 1.29 is 9.53 Å². The summed E-state index contributed by atoms with van der Waals surface area (Å²) in [6.45, 7) is 3.79. The topological polar surface area (TPSA) is 83.0 Å². The Hall–Kier alpha value is -2.37. The van der Waals surface area contributed by atoms with Gasteiger partial charge in [-0.05, 0) is 31.5 Å². The first kappa shape index (κ1) is 13.1. The molecule has 0 radical (unpaired) electrons. The number of esters is 1. The predicted octanol–water partition coefficient (Wildman–Crippen LogP) is 1.56. The molecule has 0 saturated carbocycles. The van der Waals surface area contributed by atoms with E-state index < -0.39 is 5.97 Å². The minimum Gasteiger partial charge on any atom is -0.464 e. The first-order chi connectivity index (χ1) is 9.06. The number of hydrogen-bond donors (Lipinski definition) is 1. The van der Waals surface area contributed by atoms with E-state index in [-0.39, 0.29) is 11.7 Å². The van der Waals surface area contributed by atoms with E-state index in [2.05, 4.69) is 14.7 Å². The summed E-state index contributed by atoms with van der Waals surface area (Å²) >= 11 is 0. The highest BCUT2D eigenvalue weighted by Gasteiger charge is 2.22. The van der Waals surface area contributed by atoms with Crippen molar-refractivity contribution in [3.8, 4) is 0 Å². The van der Waals surface area contributed by atoms with Crippen LogP contribution in [0.2, 0.25) is 0 Å². The molecule has 19 heavy (non-hydrogen) atoms. The summed E-state index contributed by atoms with van der Waals surface area (Å²) in [5, 5.41) is 0. The number of carbonyl (C=O) groups is 1. The molecule has 0 amide bonds.